The number of aromatic nitrogens is 3. The second-order valence-corrected chi connectivity index (χ2v) is 5.65. The van der Waals surface area contributed by atoms with Crippen molar-refractivity contribution in [2.75, 3.05) is 0 Å². The highest BCUT2D eigenvalue weighted by Crippen LogP contribution is 2.25. The Balaban J connectivity index is 1.70. The maximum absolute atomic E-state index is 10.5. The van der Waals surface area contributed by atoms with Gasteiger partial charge >= 0.3 is 5.97 Å². The summed E-state index contributed by atoms with van der Waals surface area (Å²) in [4.78, 5) is 11.6. The third-order valence-corrected chi connectivity index (χ3v) is 3.93. The monoisotopic (exact) mass is 311 g/mol. The molecule has 0 bridgehead atoms. The van der Waals surface area contributed by atoms with E-state index in [2.05, 4.69) is 10.2 Å². The van der Waals surface area contributed by atoms with Crippen molar-refractivity contribution in [3.63, 3.8) is 0 Å². The van der Waals surface area contributed by atoms with Crippen LogP contribution in [-0.2, 0) is 4.79 Å². The molecular formula is C16H13N3O2S. The summed E-state index contributed by atoms with van der Waals surface area (Å²) in [5, 5.41) is 15.4. The number of carbonyl (C=O) groups is 1. The Hall–Kier alpha value is -2.73. The van der Waals surface area contributed by atoms with Crippen molar-refractivity contribution >= 4 is 24.0 Å². The van der Waals surface area contributed by atoms with Gasteiger partial charge in [0.2, 0.25) is 0 Å². The van der Waals surface area contributed by atoms with Gasteiger partial charge in [0, 0.05) is 35.1 Å². The topological polar surface area (TPSA) is 70.9 Å². The second kappa shape index (κ2) is 6.36. The van der Waals surface area contributed by atoms with E-state index < -0.39 is 5.97 Å². The fraction of sp³-hybridized carbons (Fsp3) is 0. The van der Waals surface area contributed by atoms with Crippen LogP contribution in [0.15, 0.2) is 66.1 Å². The van der Waals surface area contributed by atoms with Gasteiger partial charge in [-0.1, -0.05) is 12.1 Å². The molecule has 0 saturated carbocycles. The number of nitrogens with zero attached hydrogens (tertiary/aromatic N) is 2. The fourth-order valence-corrected chi connectivity index (χ4v) is 2.75. The molecule has 2 aromatic heterocycles. The van der Waals surface area contributed by atoms with Crippen LogP contribution >= 0.6 is 11.9 Å². The van der Waals surface area contributed by atoms with E-state index in [1.54, 1.807) is 24.2 Å². The van der Waals surface area contributed by atoms with Crippen LogP contribution in [0.2, 0.25) is 0 Å². The minimum absolute atomic E-state index is 0.852. The average molecular weight is 311 g/mol. The van der Waals surface area contributed by atoms with Crippen molar-refractivity contribution in [2.24, 2.45) is 0 Å². The van der Waals surface area contributed by atoms with Crippen LogP contribution in [-0.4, -0.2) is 25.2 Å². The summed E-state index contributed by atoms with van der Waals surface area (Å²) in [6.07, 6.45) is 10.1. The van der Waals surface area contributed by atoms with E-state index >= 15 is 0 Å². The molecule has 2 heterocycles. The van der Waals surface area contributed by atoms with Crippen molar-refractivity contribution in [3.05, 3.63) is 66.8 Å². The summed E-state index contributed by atoms with van der Waals surface area (Å²) in [5.41, 5.74) is 3.01. The van der Waals surface area contributed by atoms with Gasteiger partial charge in [-0.05, 0) is 47.3 Å². The van der Waals surface area contributed by atoms with Crippen LogP contribution in [0.25, 0.3) is 17.2 Å². The normalized spacial score (nSPS) is 11.1. The first-order chi connectivity index (χ1) is 10.7. The van der Waals surface area contributed by atoms with Gasteiger partial charge in [-0.2, -0.15) is 5.10 Å². The molecule has 0 atom stereocenters. The Labute approximate surface area is 131 Å². The standard InChI is InChI=1S/C16H13N3O2S/c20-16(21)6-1-12-7-8-19(11-12)22-15-4-2-13(3-5-15)14-9-17-18-10-14/h1-11H,(H,17,18)(H,20,21)/b6-1+. The number of rotatable bonds is 5. The first kappa shape index (κ1) is 14.2. The molecule has 110 valence electrons. The van der Waals surface area contributed by atoms with E-state index in [1.165, 1.54) is 0 Å². The van der Waals surface area contributed by atoms with Gasteiger partial charge in [0.05, 0.1) is 6.20 Å². The summed E-state index contributed by atoms with van der Waals surface area (Å²) in [5.74, 6) is -0.949. The number of nitrogens with one attached hydrogen (secondary N) is 1. The summed E-state index contributed by atoms with van der Waals surface area (Å²) >= 11 is 1.56. The Morgan fingerprint density at radius 3 is 2.73 bits per heavy atom. The number of carboxylic acids is 1. The fourth-order valence-electron chi connectivity index (χ4n) is 1.95. The van der Waals surface area contributed by atoms with Crippen LogP contribution < -0.4 is 0 Å². The summed E-state index contributed by atoms with van der Waals surface area (Å²) < 4.78 is 1.94. The molecule has 0 fully saturated rings. The Bertz CT molecular complexity index is 789. The van der Waals surface area contributed by atoms with E-state index in [1.807, 2.05) is 52.9 Å². The smallest absolute Gasteiger partial charge is 0.328 e. The molecule has 3 aromatic rings. The van der Waals surface area contributed by atoms with Gasteiger partial charge < -0.3 is 5.11 Å². The number of hydrogen-bond donors (Lipinski definition) is 2. The molecule has 1 aromatic carbocycles. The van der Waals surface area contributed by atoms with Crippen LogP contribution in [0.5, 0.6) is 0 Å². The minimum atomic E-state index is -0.949. The SMILES string of the molecule is O=C(O)/C=C/c1ccn(Sc2ccc(-c3cn[nH]c3)cc2)c1. The zero-order valence-corrected chi connectivity index (χ0v) is 12.3. The molecule has 2 N–H and O–H groups in total. The highest BCUT2D eigenvalue weighted by atomic mass is 32.2. The third-order valence-electron chi connectivity index (χ3n) is 3.01. The number of carboxylic acid groups (broad SMARTS) is 1. The highest BCUT2D eigenvalue weighted by Gasteiger charge is 2.01. The number of aromatic amines is 1. The molecule has 3 rings (SSSR count). The molecule has 22 heavy (non-hydrogen) atoms. The van der Waals surface area contributed by atoms with Crippen LogP contribution in [0.1, 0.15) is 5.56 Å². The molecule has 0 aliphatic heterocycles. The lowest BCUT2D eigenvalue weighted by Gasteiger charge is -2.03. The van der Waals surface area contributed by atoms with Crippen molar-refractivity contribution in [3.8, 4) is 11.1 Å². The van der Waals surface area contributed by atoms with E-state index in [9.17, 15) is 4.79 Å². The molecular weight excluding hydrogens is 298 g/mol. The van der Waals surface area contributed by atoms with Crippen LogP contribution in [0.4, 0.5) is 0 Å². The van der Waals surface area contributed by atoms with Crippen molar-refractivity contribution in [2.45, 2.75) is 4.90 Å². The molecule has 0 aliphatic carbocycles. The molecule has 0 unspecified atom stereocenters. The van der Waals surface area contributed by atoms with Gasteiger partial charge in [-0.3, -0.25) is 9.07 Å². The number of benzene rings is 1. The molecule has 0 amide bonds. The minimum Gasteiger partial charge on any atom is -0.478 e. The summed E-state index contributed by atoms with van der Waals surface area (Å²) in [6, 6.07) is 10.0. The zero-order valence-electron chi connectivity index (χ0n) is 11.5. The molecule has 0 radical (unpaired) electrons. The van der Waals surface area contributed by atoms with E-state index in [4.69, 9.17) is 5.11 Å². The number of aliphatic carboxylic acids is 1. The third kappa shape index (κ3) is 3.48. The van der Waals surface area contributed by atoms with Gasteiger partial charge in [-0.25, -0.2) is 4.79 Å². The van der Waals surface area contributed by atoms with E-state index in [-0.39, 0.29) is 0 Å². The molecule has 6 heteroatoms. The molecule has 0 saturated heterocycles. The second-order valence-electron chi connectivity index (χ2n) is 4.58. The number of H-pyrrole nitrogens is 1. The van der Waals surface area contributed by atoms with E-state index in [0.29, 0.717) is 0 Å². The zero-order chi connectivity index (χ0) is 15.4. The summed E-state index contributed by atoms with van der Waals surface area (Å²) in [6.45, 7) is 0. The van der Waals surface area contributed by atoms with Gasteiger partial charge in [0.15, 0.2) is 0 Å². The summed E-state index contributed by atoms with van der Waals surface area (Å²) in [7, 11) is 0. The first-order valence-corrected chi connectivity index (χ1v) is 7.34. The van der Waals surface area contributed by atoms with Gasteiger partial charge in [0.1, 0.15) is 0 Å². The molecule has 0 aliphatic rings. The maximum Gasteiger partial charge on any atom is 0.328 e. The van der Waals surface area contributed by atoms with Crippen molar-refractivity contribution < 1.29 is 9.90 Å². The van der Waals surface area contributed by atoms with Crippen LogP contribution in [0, 0.1) is 0 Å². The largest absolute Gasteiger partial charge is 0.478 e. The molecule has 0 spiro atoms. The molecule has 5 nitrogen and oxygen atoms in total. The van der Waals surface area contributed by atoms with Gasteiger partial charge in [0.25, 0.3) is 0 Å². The average Bonchev–Trinajstić information content (AvgIpc) is 3.17. The van der Waals surface area contributed by atoms with Gasteiger partial charge in [-0.15, -0.1) is 0 Å². The number of hydrogen-bond acceptors (Lipinski definition) is 3. The maximum atomic E-state index is 10.5. The van der Waals surface area contributed by atoms with Crippen molar-refractivity contribution in [1.29, 1.82) is 0 Å². The van der Waals surface area contributed by atoms with Crippen molar-refractivity contribution in [1.82, 2.24) is 14.2 Å². The lowest BCUT2D eigenvalue weighted by Crippen LogP contribution is -1.85. The highest BCUT2D eigenvalue weighted by molar-refractivity contribution is 7.97. The predicted octanol–water partition coefficient (Wildman–Crippen LogP) is 3.53. The Morgan fingerprint density at radius 2 is 2.05 bits per heavy atom. The Kier molecular flexibility index (Phi) is 4.11. The lowest BCUT2D eigenvalue weighted by molar-refractivity contribution is -0.131. The lowest BCUT2D eigenvalue weighted by atomic mass is 10.1. The quantitative estimate of drug-likeness (QED) is 0.707. The van der Waals surface area contributed by atoms with Crippen LogP contribution in [0.3, 0.4) is 0 Å². The first-order valence-electron chi connectivity index (χ1n) is 6.57. The predicted molar refractivity (Wildman–Crippen MR) is 86.4 cm³/mol. The Morgan fingerprint density at radius 1 is 1.23 bits per heavy atom. The van der Waals surface area contributed by atoms with E-state index in [0.717, 1.165) is 27.7 Å².